The molecule has 92 valence electrons. The van der Waals surface area contributed by atoms with Crippen LogP contribution >= 0.6 is 0 Å². The zero-order valence-electron chi connectivity index (χ0n) is 9.97. The van der Waals surface area contributed by atoms with Crippen LogP contribution in [-0.2, 0) is 4.74 Å². The van der Waals surface area contributed by atoms with Crippen LogP contribution in [0.1, 0.15) is 54.9 Å². The summed E-state index contributed by atoms with van der Waals surface area (Å²) in [4.78, 5) is 10.7. The fourth-order valence-corrected chi connectivity index (χ4v) is 3.21. The van der Waals surface area contributed by atoms with E-state index < -0.39 is 0 Å². The van der Waals surface area contributed by atoms with Crippen molar-refractivity contribution >= 4 is 6.29 Å². The minimum absolute atomic E-state index is 0.107. The van der Waals surface area contributed by atoms with Gasteiger partial charge in [0.15, 0.2) is 6.29 Å². The molecule has 1 spiro atoms. The van der Waals surface area contributed by atoms with Crippen LogP contribution in [0.15, 0.2) is 12.4 Å². The first-order valence-electron chi connectivity index (χ1n) is 6.45. The number of aldehydes is 1. The summed E-state index contributed by atoms with van der Waals surface area (Å²) in [5.41, 5.74) is 0.771. The van der Waals surface area contributed by atoms with E-state index in [4.69, 9.17) is 4.74 Å². The summed E-state index contributed by atoms with van der Waals surface area (Å²) in [7, 11) is 0. The Bertz CT molecular complexity index is 407. The Morgan fingerprint density at radius 3 is 3.00 bits per heavy atom. The molecule has 0 amide bonds. The average molecular weight is 234 g/mol. The van der Waals surface area contributed by atoms with E-state index in [1.807, 2.05) is 10.9 Å². The third-order valence-corrected chi connectivity index (χ3v) is 4.11. The predicted octanol–water partition coefficient (Wildman–Crippen LogP) is 2.36. The number of hydrogen-bond donors (Lipinski definition) is 0. The van der Waals surface area contributed by atoms with Crippen LogP contribution in [0.2, 0.25) is 0 Å². The summed E-state index contributed by atoms with van der Waals surface area (Å²) in [6, 6.07) is 0.399. The molecule has 3 rings (SSSR count). The molecule has 17 heavy (non-hydrogen) atoms. The molecule has 1 aliphatic carbocycles. The van der Waals surface area contributed by atoms with Gasteiger partial charge in [0, 0.05) is 12.8 Å². The molecule has 1 unspecified atom stereocenters. The third kappa shape index (κ3) is 2.02. The molecule has 0 N–H and O–H groups in total. The molecule has 1 aromatic rings. The van der Waals surface area contributed by atoms with E-state index in [0.29, 0.717) is 11.6 Å². The van der Waals surface area contributed by atoms with Crippen LogP contribution in [0.4, 0.5) is 0 Å². The van der Waals surface area contributed by atoms with E-state index in [-0.39, 0.29) is 5.60 Å². The first kappa shape index (κ1) is 11.0. The second-order valence-corrected chi connectivity index (χ2v) is 5.26. The first-order valence-corrected chi connectivity index (χ1v) is 6.45. The number of hydrogen-bond acceptors (Lipinski definition) is 3. The highest BCUT2D eigenvalue weighted by atomic mass is 16.5. The molecule has 1 aromatic heterocycles. The summed E-state index contributed by atoms with van der Waals surface area (Å²) < 4.78 is 7.95. The summed E-state index contributed by atoms with van der Waals surface area (Å²) >= 11 is 0. The second kappa shape index (κ2) is 4.26. The molecule has 2 heterocycles. The highest BCUT2D eigenvalue weighted by molar-refractivity contribution is 5.73. The van der Waals surface area contributed by atoms with Gasteiger partial charge in [0.05, 0.1) is 23.4 Å². The van der Waals surface area contributed by atoms with Gasteiger partial charge in [-0.3, -0.25) is 9.48 Å². The molecule has 0 aromatic carbocycles. The van der Waals surface area contributed by atoms with Gasteiger partial charge in [-0.25, -0.2) is 0 Å². The molecule has 1 atom stereocenters. The normalized spacial score (nSPS) is 27.4. The highest BCUT2D eigenvalue weighted by Crippen LogP contribution is 2.43. The van der Waals surface area contributed by atoms with Crippen molar-refractivity contribution in [3.8, 4) is 0 Å². The maximum absolute atomic E-state index is 10.7. The van der Waals surface area contributed by atoms with E-state index in [1.165, 1.54) is 25.7 Å². The Morgan fingerprint density at radius 2 is 2.29 bits per heavy atom. The Morgan fingerprint density at radius 1 is 1.47 bits per heavy atom. The number of carbonyl (C=O) groups excluding carboxylic acids is 1. The average Bonchev–Trinajstić information content (AvgIpc) is 2.99. The first-order chi connectivity index (χ1) is 8.31. The molecule has 0 radical (unpaired) electrons. The zero-order chi connectivity index (χ0) is 11.7. The number of nitrogens with zero attached hydrogens (tertiary/aromatic N) is 2. The van der Waals surface area contributed by atoms with Crippen LogP contribution in [0.5, 0.6) is 0 Å². The SMILES string of the molecule is O=Cc1cnn(C2CCOC3(CCCC3)C2)c1. The lowest BCUT2D eigenvalue weighted by Gasteiger charge is -2.38. The third-order valence-electron chi connectivity index (χ3n) is 4.11. The molecule has 4 heteroatoms. The molecule has 2 fully saturated rings. The van der Waals surface area contributed by atoms with Crippen molar-refractivity contribution in [3.63, 3.8) is 0 Å². The summed E-state index contributed by atoms with van der Waals surface area (Å²) in [6.45, 7) is 0.820. The van der Waals surface area contributed by atoms with Crippen LogP contribution in [0.3, 0.4) is 0 Å². The number of rotatable bonds is 2. The summed E-state index contributed by atoms with van der Waals surface area (Å²) in [5.74, 6) is 0. The van der Waals surface area contributed by atoms with Crippen molar-refractivity contribution in [3.05, 3.63) is 18.0 Å². The largest absolute Gasteiger partial charge is 0.375 e. The van der Waals surface area contributed by atoms with Crippen LogP contribution < -0.4 is 0 Å². The van der Waals surface area contributed by atoms with Gasteiger partial charge >= 0.3 is 0 Å². The van der Waals surface area contributed by atoms with Crippen LogP contribution in [-0.4, -0.2) is 28.3 Å². The fraction of sp³-hybridized carbons (Fsp3) is 0.692. The minimum atomic E-state index is 0.107. The van der Waals surface area contributed by atoms with E-state index in [0.717, 1.165) is 25.7 Å². The van der Waals surface area contributed by atoms with Gasteiger partial charge in [0.25, 0.3) is 0 Å². The Kier molecular flexibility index (Phi) is 2.74. The smallest absolute Gasteiger partial charge is 0.153 e. The molecular weight excluding hydrogens is 216 g/mol. The number of aromatic nitrogens is 2. The van der Waals surface area contributed by atoms with E-state index in [9.17, 15) is 4.79 Å². The Balaban J connectivity index is 1.77. The van der Waals surface area contributed by atoms with Gasteiger partial charge in [-0.15, -0.1) is 0 Å². The molecule has 4 nitrogen and oxygen atoms in total. The number of carbonyl (C=O) groups is 1. The lowest BCUT2D eigenvalue weighted by Crippen LogP contribution is -2.38. The minimum Gasteiger partial charge on any atom is -0.375 e. The zero-order valence-corrected chi connectivity index (χ0v) is 9.97. The highest BCUT2D eigenvalue weighted by Gasteiger charge is 2.40. The maximum atomic E-state index is 10.7. The Labute approximate surface area is 101 Å². The molecular formula is C13H18N2O2. The lowest BCUT2D eigenvalue weighted by atomic mass is 9.89. The monoisotopic (exact) mass is 234 g/mol. The van der Waals surface area contributed by atoms with Gasteiger partial charge in [0.2, 0.25) is 0 Å². The lowest BCUT2D eigenvalue weighted by molar-refractivity contribution is -0.0909. The molecule has 1 aliphatic heterocycles. The van der Waals surface area contributed by atoms with Crippen molar-refractivity contribution < 1.29 is 9.53 Å². The standard InChI is InChI=1S/C13H18N2O2/c16-10-11-8-14-15(9-11)12-3-6-17-13(7-12)4-1-2-5-13/h8-10,12H,1-7H2. The molecule has 1 saturated carbocycles. The van der Waals surface area contributed by atoms with Crippen molar-refractivity contribution in [2.24, 2.45) is 0 Å². The predicted molar refractivity (Wildman–Crippen MR) is 63.0 cm³/mol. The van der Waals surface area contributed by atoms with E-state index in [1.54, 1.807) is 6.20 Å². The van der Waals surface area contributed by atoms with Gasteiger partial charge in [0.1, 0.15) is 0 Å². The number of ether oxygens (including phenoxy) is 1. The van der Waals surface area contributed by atoms with Crippen LogP contribution in [0, 0.1) is 0 Å². The summed E-state index contributed by atoms with van der Waals surface area (Å²) in [5, 5.41) is 4.30. The van der Waals surface area contributed by atoms with Gasteiger partial charge in [-0.2, -0.15) is 5.10 Å². The van der Waals surface area contributed by atoms with E-state index in [2.05, 4.69) is 5.10 Å². The topological polar surface area (TPSA) is 44.1 Å². The van der Waals surface area contributed by atoms with Crippen molar-refractivity contribution in [2.45, 2.75) is 50.2 Å². The fourth-order valence-electron chi connectivity index (χ4n) is 3.21. The quantitative estimate of drug-likeness (QED) is 0.738. The summed E-state index contributed by atoms with van der Waals surface area (Å²) in [6.07, 6.45) is 11.3. The maximum Gasteiger partial charge on any atom is 0.153 e. The van der Waals surface area contributed by atoms with Crippen molar-refractivity contribution in [1.29, 1.82) is 0 Å². The van der Waals surface area contributed by atoms with Gasteiger partial charge in [-0.1, -0.05) is 12.8 Å². The van der Waals surface area contributed by atoms with Crippen LogP contribution in [0.25, 0.3) is 0 Å². The van der Waals surface area contributed by atoms with Gasteiger partial charge in [-0.05, 0) is 25.7 Å². The van der Waals surface area contributed by atoms with E-state index >= 15 is 0 Å². The van der Waals surface area contributed by atoms with Gasteiger partial charge < -0.3 is 4.74 Å². The second-order valence-electron chi connectivity index (χ2n) is 5.26. The molecule has 0 bridgehead atoms. The van der Waals surface area contributed by atoms with Crippen molar-refractivity contribution in [1.82, 2.24) is 9.78 Å². The Hall–Kier alpha value is -1.16. The van der Waals surface area contributed by atoms with Crippen molar-refractivity contribution in [2.75, 3.05) is 6.61 Å². The molecule has 2 aliphatic rings. The molecule has 1 saturated heterocycles.